The fourth-order valence-electron chi connectivity index (χ4n) is 2.91. The lowest BCUT2D eigenvalue weighted by Crippen LogP contribution is -2.26. The normalized spacial score (nSPS) is 17.0. The molecule has 122 valence electrons. The van der Waals surface area contributed by atoms with E-state index < -0.39 is 10.0 Å². The van der Waals surface area contributed by atoms with Gasteiger partial charge in [-0.2, -0.15) is 0 Å². The fourth-order valence-corrected chi connectivity index (χ4v) is 3.56. The van der Waals surface area contributed by atoms with Gasteiger partial charge in [0.25, 0.3) is 15.9 Å². The highest BCUT2D eigenvalue weighted by atomic mass is 32.2. The SMILES string of the molecule is CNS(=O)(=O)c1cc(C(=O)NC2CCc3c(C)cccc32)co1. The van der Waals surface area contributed by atoms with Crippen LogP contribution in [0.4, 0.5) is 0 Å². The average Bonchev–Trinajstić information content (AvgIpc) is 3.16. The number of carbonyl (C=O) groups is 1. The van der Waals surface area contributed by atoms with Gasteiger partial charge in [0.15, 0.2) is 0 Å². The molecule has 6 nitrogen and oxygen atoms in total. The van der Waals surface area contributed by atoms with Crippen molar-refractivity contribution in [1.29, 1.82) is 0 Å². The van der Waals surface area contributed by atoms with Gasteiger partial charge in [-0.05, 0) is 43.5 Å². The standard InChI is InChI=1S/C16H18N2O4S/c1-10-4-3-5-13-12(10)6-7-14(13)18-16(19)11-8-15(22-9-11)23(20,21)17-2/h3-5,8-9,14,17H,6-7H2,1-2H3,(H,18,19). The van der Waals surface area contributed by atoms with Crippen LogP contribution in [0.3, 0.4) is 0 Å². The number of hydrogen-bond acceptors (Lipinski definition) is 4. The fraction of sp³-hybridized carbons (Fsp3) is 0.312. The molecular weight excluding hydrogens is 316 g/mol. The first-order chi connectivity index (χ1) is 10.9. The third kappa shape index (κ3) is 2.89. The number of nitrogens with one attached hydrogen (secondary N) is 2. The molecule has 3 rings (SSSR count). The minimum absolute atomic E-state index is 0.0587. The van der Waals surface area contributed by atoms with Crippen molar-refractivity contribution in [3.8, 4) is 0 Å². The van der Waals surface area contributed by atoms with Crippen LogP contribution in [0.15, 0.2) is 40.0 Å². The molecule has 0 bridgehead atoms. The summed E-state index contributed by atoms with van der Waals surface area (Å²) >= 11 is 0. The van der Waals surface area contributed by atoms with Gasteiger partial charge in [-0.3, -0.25) is 4.79 Å². The Morgan fingerprint density at radius 2 is 2.13 bits per heavy atom. The summed E-state index contributed by atoms with van der Waals surface area (Å²) in [5.41, 5.74) is 3.83. The van der Waals surface area contributed by atoms with Crippen molar-refractivity contribution in [2.45, 2.75) is 30.9 Å². The third-order valence-corrected chi connectivity index (χ3v) is 5.46. The van der Waals surface area contributed by atoms with E-state index in [-0.39, 0.29) is 22.6 Å². The van der Waals surface area contributed by atoms with E-state index in [2.05, 4.69) is 23.0 Å². The number of aryl methyl sites for hydroxylation is 1. The molecular formula is C16H18N2O4S. The molecule has 1 aromatic carbocycles. The number of amides is 1. The summed E-state index contributed by atoms with van der Waals surface area (Å²) in [4.78, 5) is 12.3. The molecule has 1 unspecified atom stereocenters. The largest absolute Gasteiger partial charge is 0.451 e. The molecule has 23 heavy (non-hydrogen) atoms. The molecule has 1 aliphatic carbocycles. The lowest BCUT2D eigenvalue weighted by molar-refractivity contribution is 0.0936. The maximum absolute atomic E-state index is 12.3. The van der Waals surface area contributed by atoms with Crippen molar-refractivity contribution in [3.63, 3.8) is 0 Å². The maximum Gasteiger partial charge on any atom is 0.273 e. The third-order valence-electron chi connectivity index (χ3n) is 4.18. The van der Waals surface area contributed by atoms with Gasteiger partial charge in [0, 0.05) is 6.07 Å². The van der Waals surface area contributed by atoms with Crippen molar-refractivity contribution in [3.05, 3.63) is 52.8 Å². The van der Waals surface area contributed by atoms with Crippen molar-refractivity contribution in [2.75, 3.05) is 7.05 Å². The number of carbonyl (C=O) groups excluding carboxylic acids is 1. The summed E-state index contributed by atoms with van der Waals surface area (Å²) < 4.78 is 30.4. The van der Waals surface area contributed by atoms with E-state index >= 15 is 0 Å². The molecule has 0 fully saturated rings. The summed E-state index contributed by atoms with van der Waals surface area (Å²) in [7, 11) is -2.40. The van der Waals surface area contributed by atoms with Crippen LogP contribution in [-0.4, -0.2) is 21.4 Å². The molecule has 0 saturated heterocycles. The smallest absolute Gasteiger partial charge is 0.273 e. The Morgan fingerprint density at radius 1 is 1.35 bits per heavy atom. The van der Waals surface area contributed by atoms with Gasteiger partial charge in [-0.15, -0.1) is 0 Å². The summed E-state index contributed by atoms with van der Waals surface area (Å²) in [5.74, 6) is -0.342. The second kappa shape index (κ2) is 5.82. The molecule has 2 aromatic rings. The summed E-state index contributed by atoms with van der Waals surface area (Å²) in [6, 6.07) is 7.23. The molecule has 0 aliphatic heterocycles. The van der Waals surface area contributed by atoms with E-state index in [1.807, 2.05) is 12.1 Å². The molecule has 0 spiro atoms. The Bertz CT molecular complexity index is 855. The van der Waals surface area contributed by atoms with Crippen LogP contribution in [0, 0.1) is 6.92 Å². The number of fused-ring (bicyclic) bond motifs is 1. The van der Waals surface area contributed by atoms with Gasteiger partial charge in [-0.1, -0.05) is 18.2 Å². The van der Waals surface area contributed by atoms with E-state index in [1.54, 1.807) is 0 Å². The molecule has 2 N–H and O–H groups in total. The van der Waals surface area contributed by atoms with E-state index in [0.717, 1.165) is 24.7 Å². The van der Waals surface area contributed by atoms with Crippen molar-refractivity contribution in [1.82, 2.24) is 10.0 Å². The van der Waals surface area contributed by atoms with Gasteiger partial charge < -0.3 is 9.73 Å². The number of hydrogen-bond donors (Lipinski definition) is 2. The first-order valence-corrected chi connectivity index (χ1v) is 8.82. The zero-order chi connectivity index (χ0) is 16.6. The minimum atomic E-state index is -3.69. The van der Waals surface area contributed by atoms with E-state index in [0.29, 0.717) is 0 Å². The van der Waals surface area contributed by atoms with Gasteiger partial charge in [0.2, 0.25) is 5.09 Å². The first-order valence-electron chi connectivity index (χ1n) is 7.33. The van der Waals surface area contributed by atoms with Crippen LogP contribution in [0.5, 0.6) is 0 Å². The number of benzene rings is 1. The monoisotopic (exact) mass is 334 g/mol. The lowest BCUT2D eigenvalue weighted by Gasteiger charge is -2.13. The molecule has 0 radical (unpaired) electrons. The Labute approximate surface area is 134 Å². The second-order valence-corrected chi connectivity index (χ2v) is 7.39. The van der Waals surface area contributed by atoms with Crippen LogP contribution in [0.2, 0.25) is 0 Å². The second-order valence-electron chi connectivity index (χ2n) is 5.57. The molecule has 1 aromatic heterocycles. The summed E-state index contributed by atoms with van der Waals surface area (Å²) in [6.45, 7) is 2.06. The topological polar surface area (TPSA) is 88.4 Å². The Hall–Kier alpha value is -2.12. The highest BCUT2D eigenvalue weighted by Gasteiger charge is 2.26. The molecule has 1 aliphatic rings. The van der Waals surface area contributed by atoms with E-state index in [4.69, 9.17) is 4.42 Å². The predicted molar refractivity (Wildman–Crippen MR) is 84.7 cm³/mol. The minimum Gasteiger partial charge on any atom is -0.451 e. The number of sulfonamides is 1. The quantitative estimate of drug-likeness (QED) is 0.894. The molecule has 1 heterocycles. The number of furan rings is 1. The van der Waals surface area contributed by atoms with Crippen LogP contribution in [-0.2, 0) is 16.4 Å². The average molecular weight is 334 g/mol. The van der Waals surface area contributed by atoms with Gasteiger partial charge in [-0.25, -0.2) is 13.1 Å². The van der Waals surface area contributed by atoms with Gasteiger partial charge in [0.1, 0.15) is 6.26 Å². The highest BCUT2D eigenvalue weighted by molar-refractivity contribution is 7.89. The molecule has 1 amide bonds. The predicted octanol–water partition coefficient (Wildman–Crippen LogP) is 1.91. The van der Waals surface area contributed by atoms with Crippen LogP contribution >= 0.6 is 0 Å². The zero-order valence-electron chi connectivity index (χ0n) is 12.9. The van der Waals surface area contributed by atoms with Crippen LogP contribution in [0.1, 0.15) is 39.5 Å². The molecule has 0 saturated carbocycles. The first kappa shape index (κ1) is 15.8. The highest BCUT2D eigenvalue weighted by Crippen LogP contribution is 2.33. The zero-order valence-corrected chi connectivity index (χ0v) is 13.7. The van der Waals surface area contributed by atoms with Crippen LogP contribution in [0.25, 0.3) is 0 Å². The van der Waals surface area contributed by atoms with Crippen molar-refractivity contribution in [2.24, 2.45) is 0 Å². The molecule has 1 atom stereocenters. The number of rotatable bonds is 4. The molecule has 7 heteroatoms. The van der Waals surface area contributed by atoms with Gasteiger partial charge >= 0.3 is 0 Å². The Morgan fingerprint density at radius 3 is 2.87 bits per heavy atom. The van der Waals surface area contributed by atoms with Crippen molar-refractivity contribution >= 4 is 15.9 Å². The Kier molecular flexibility index (Phi) is 3.99. The van der Waals surface area contributed by atoms with Crippen LogP contribution < -0.4 is 10.0 Å². The van der Waals surface area contributed by atoms with E-state index in [1.165, 1.54) is 24.2 Å². The summed E-state index contributed by atoms with van der Waals surface area (Å²) in [5, 5.41) is 2.68. The Balaban J connectivity index is 1.78. The lowest BCUT2D eigenvalue weighted by atomic mass is 10.0. The van der Waals surface area contributed by atoms with Crippen molar-refractivity contribution < 1.29 is 17.6 Å². The van der Waals surface area contributed by atoms with E-state index in [9.17, 15) is 13.2 Å². The summed E-state index contributed by atoms with van der Waals surface area (Å²) in [6.07, 6.45) is 2.93. The van der Waals surface area contributed by atoms with Gasteiger partial charge in [0.05, 0.1) is 11.6 Å². The maximum atomic E-state index is 12.3.